The number of benzene rings is 1. The topological polar surface area (TPSA) is 99.2 Å². The molecule has 0 saturated carbocycles. The molecule has 0 spiro atoms. The minimum Gasteiger partial charge on any atom is -0.355 e. The lowest BCUT2D eigenvalue weighted by Gasteiger charge is -2.32. The molecule has 1 saturated heterocycles. The highest BCUT2D eigenvalue weighted by Crippen LogP contribution is 2.29. The van der Waals surface area contributed by atoms with Crippen molar-refractivity contribution in [1.82, 2.24) is 19.8 Å². The first-order valence-corrected chi connectivity index (χ1v) is 9.69. The van der Waals surface area contributed by atoms with Crippen LogP contribution in [0, 0.1) is 17.2 Å². The number of anilines is 2. The Hall–Kier alpha value is -3.39. The zero-order valence-corrected chi connectivity index (χ0v) is 16.7. The number of carbonyl (C=O) groups is 1. The van der Waals surface area contributed by atoms with Gasteiger partial charge in [-0.05, 0) is 43.2 Å². The van der Waals surface area contributed by atoms with E-state index in [1.54, 1.807) is 12.1 Å². The second-order valence-corrected chi connectivity index (χ2v) is 7.45. The van der Waals surface area contributed by atoms with Gasteiger partial charge < -0.3 is 10.2 Å². The maximum atomic E-state index is 13.1. The summed E-state index contributed by atoms with van der Waals surface area (Å²) in [6, 6.07) is 9.62. The van der Waals surface area contributed by atoms with E-state index in [1.165, 1.54) is 18.2 Å². The van der Waals surface area contributed by atoms with Crippen molar-refractivity contribution in [1.29, 1.82) is 5.26 Å². The van der Waals surface area contributed by atoms with Crippen molar-refractivity contribution >= 4 is 34.7 Å². The van der Waals surface area contributed by atoms with E-state index in [1.807, 2.05) is 11.0 Å². The van der Waals surface area contributed by atoms with Crippen LogP contribution in [-0.4, -0.2) is 38.8 Å². The molecule has 0 unspecified atom stereocenters. The molecule has 8 nitrogen and oxygen atoms in total. The van der Waals surface area contributed by atoms with Gasteiger partial charge in [0.15, 0.2) is 5.65 Å². The van der Waals surface area contributed by atoms with Crippen LogP contribution in [0.3, 0.4) is 0 Å². The summed E-state index contributed by atoms with van der Waals surface area (Å²) in [5.41, 5.74) is 0.821. The molecule has 1 N–H and O–H groups in total. The molecule has 4 rings (SSSR count). The molecule has 160 valence electrons. The summed E-state index contributed by atoms with van der Waals surface area (Å²) in [7, 11) is 0. The second kappa shape index (κ2) is 8.03. The maximum absolute atomic E-state index is 13.1. The number of alkyl halides is 3. The van der Waals surface area contributed by atoms with E-state index in [9.17, 15) is 18.0 Å². The summed E-state index contributed by atoms with van der Waals surface area (Å²) < 4.78 is 39.9. The van der Waals surface area contributed by atoms with Gasteiger partial charge in [-0.25, -0.2) is 0 Å². The lowest BCUT2D eigenvalue weighted by Crippen LogP contribution is -2.38. The molecule has 1 amide bonds. The van der Waals surface area contributed by atoms with Gasteiger partial charge in [0, 0.05) is 24.7 Å². The van der Waals surface area contributed by atoms with Crippen LogP contribution in [0.4, 0.5) is 24.7 Å². The van der Waals surface area contributed by atoms with Crippen molar-refractivity contribution in [3.8, 4) is 6.07 Å². The van der Waals surface area contributed by atoms with E-state index in [-0.39, 0.29) is 22.5 Å². The molecule has 1 aromatic carbocycles. The predicted octanol–water partition coefficient (Wildman–Crippen LogP) is 3.52. The Kier molecular flexibility index (Phi) is 5.41. The Labute approximate surface area is 179 Å². The molecule has 3 aromatic rings. The fourth-order valence-electron chi connectivity index (χ4n) is 3.42. The predicted molar refractivity (Wildman–Crippen MR) is 106 cm³/mol. The van der Waals surface area contributed by atoms with Crippen LogP contribution < -0.4 is 10.2 Å². The number of piperidine rings is 1. The van der Waals surface area contributed by atoms with Crippen LogP contribution in [0.25, 0.3) is 5.65 Å². The normalized spacial score (nSPS) is 15.1. The third-order valence-electron chi connectivity index (χ3n) is 5.05. The number of nitrogens with one attached hydrogen (secondary N) is 1. The first-order chi connectivity index (χ1) is 14.8. The molecule has 0 aliphatic carbocycles. The average molecular weight is 450 g/mol. The van der Waals surface area contributed by atoms with Crippen molar-refractivity contribution in [3.05, 3.63) is 46.7 Å². The Morgan fingerprint density at radius 1 is 1.19 bits per heavy atom. The number of rotatable bonds is 3. The number of carbonyl (C=O) groups excluding carboxylic acids is 1. The Bertz CT molecular complexity index is 1180. The number of nitrogens with zero attached hydrogens (tertiary/aromatic N) is 6. The molecular formula is C19H15ClF3N7O. The van der Waals surface area contributed by atoms with Crippen molar-refractivity contribution < 1.29 is 18.0 Å². The number of fused-ring (bicyclic) bond motifs is 1. The van der Waals surface area contributed by atoms with Gasteiger partial charge in [0.1, 0.15) is 11.9 Å². The van der Waals surface area contributed by atoms with Gasteiger partial charge in [0.2, 0.25) is 5.91 Å². The fraction of sp³-hybridized carbons (Fsp3) is 0.316. The number of amides is 1. The van der Waals surface area contributed by atoms with Crippen molar-refractivity contribution in [2.45, 2.75) is 19.0 Å². The number of aromatic nitrogens is 4. The van der Waals surface area contributed by atoms with E-state index in [0.29, 0.717) is 47.5 Å². The first kappa shape index (κ1) is 20.9. The lowest BCUT2D eigenvalue weighted by molar-refractivity contribution is -0.146. The molecule has 3 heterocycles. The second-order valence-electron chi connectivity index (χ2n) is 7.04. The highest BCUT2D eigenvalue weighted by molar-refractivity contribution is 6.32. The minimum atomic E-state index is -4.66. The molecule has 1 aliphatic heterocycles. The zero-order valence-electron chi connectivity index (χ0n) is 15.9. The average Bonchev–Trinajstić information content (AvgIpc) is 3.18. The van der Waals surface area contributed by atoms with E-state index >= 15 is 0 Å². The summed E-state index contributed by atoms with van der Waals surface area (Å²) in [5.74, 6) is -1.27. The summed E-state index contributed by atoms with van der Waals surface area (Å²) in [6.07, 6.45) is -3.65. The van der Waals surface area contributed by atoms with E-state index in [2.05, 4.69) is 20.6 Å². The number of nitriles is 1. The molecular weight excluding hydrogens is 435 g/mol. The van der Waals surface area contributed by atoms with Crippen LogP contribution >= 0.6 is 11.6 Å². The summed E-state index contributed by atoms with van der Waals surface area (Å²) in [4.78, 5) is 14.4. The Morgan fingerprint density at radius 3 is 2.58 bits per heavy atom. The van der Waals surface area contributed by atoms with E-state index in [4.69, 9.17) is 16.9 Å². The van der Waals surface area contributed by atoms with Gasteiger partial charge in [0.25, 0.3) is 5.82 Å². The molecule has 0 atom stereocenters. The summed E-state index contributed by atoms with van der Waals surface area (Å²) in [6.45, 7) is 0.905. The van der Waals surface area contributed by atoms with E-state index < -0.39 is 12.0 Å². The Balaban J connectivity index is 1.42. The van der Waals surface area contributed by atoms with E-state index in [0.717, 1.165) is 0 Å². The number of hydrogen-bond donors (Lipinski definition) is 1. The lowest BCUT2D eigenvalue weighted by atomic mass is 9.95. The van der Waals surface area contributed by atoms with Gasteiger partial charge in [-0.1, -0.05) is 11.6 Å². The standard InChI is InChI=1S/C19H15ClF3N7O/c20-14-9-13(2-1-12(14)10-24)25-17(31)11-5-7-29(8-6-11)16-4-3-15-26-27-18(19(21,22)23)30(15)28-16/h1-4,9,11H,5-8H2,(H,25,31). The highest BCUT2D eigenvalue weighted by atomic mass is 35.5. The number of hydrogen-bond acceptors (Lipinski definition) is 6. The van der Waals surface area contributed by atoms with Crippen LogP contribution in [-0.2, 0) is 11.0 Å². The SMILES string of the molecule is N#Cc1ccc(NC(=O)C2CCN(c3ccc4nnc(C(F)(F)F)n4n3)CC2)cc1Cl. The molecule has 1 fully saturated rings. The van der Waals surface area contributed by atoms with Crippen molar-refractivity contribution in [2.24, 2.45) is 5.92 Å². The van der Waals surface area contributed by atoms with Crippen molar-refractivity contribution in [3.63, 3.8) is 0 Å². The van der Waals surface area contributed by atoms with Gasteiger partial charge >= 0.3 is 6.18 Å². The smallest absolute Gasteiger partial charge is 0.355 e. The first-order valence-electron chi connectivity index (χ1n) is 9.31. The fourth-order valence-corrected chi connectivity index (χ4v) is 3.65. The molecule has 31 heavy (non-hydrogen) atoms. The third kappa shape index (κ3) is 4.25. The quantitative estimate of drug-likeness (QED) is 0.656. The van der Waals surface area contributed by atoms with Crippen LogP contribution in [0.5, 0.6) is 0 Å². The molecule has 2 aromatic heterocycles. The third-order valence-corrected chi connectivity index (χ3v) is 5.36. The largest absolute Gasteiger partial charge is 0.453 e. The van der Waals surface area contributed by atoms with Gasteiger partial charge in [-0.3, -0.25) is 4.79 Å². The van der Waals surface area contributed by atoms with Gasteiger partial charge in [0.05, 0.1) is 10.6 Å². The van der Waals surface area contributed by atoms with Gasteiger partial charge in [-0.2, -0.15) is 22.9 Å². The zero-order chi connectivity index (χ0) is 22.2. The molecule has 12 heteroatoms. The maximum Gasteiger partial charge on any atom is 0.453 e. The molecule has 1 aliphatic rings. The molecule has 0 bridgehead atoms. The van der Waals surface area contributed by atoms with Crippen LogP contribution in [0.15, 0.2) is 30.3 Å². The van der Waals surface area contributed by atoms with Crippen molar-refractivity contribution in [2.75, 3.05) is 23.3 Å². The number of halogens is 4. The summed E-state index contributed by atoms with van der Waals surface area (Å²) >= 11 is 5.99. The minimum absolute atomic E-state index is 0.00594. The van der Waals surface area contributed by atoms with Crippen LogP contribution in [0.1, 0.15) is 24.2 Å². The van der Waals surface area contributed by atoms with Crippen LogP contribution in [0.2, 0.25) is 5.02 Å². The molecule has 0 radical (unpaired) electrons. The Morgan fingerprint density at radius 2 is 1.94 bits per heavy atom. The highest BCUT2D eigenvalue weighted by Gasteiger charge is 2.38. The monoisotopic (exact) mass is 449 g/mol. The summed E-state index contributed by atoms with van der Waals surface area (Å²) in [5, 5.41) is 22.7. The van der Waals surface area contributed by atoms with Gasteiger partial charge in [-0.15, -0.1) is 15.3 Å².